The SMILES string of the molecule is CSC1(CNC2CCCCC2)CCCCC1. The topological polar surface area (TPSA) is 12.0 Å². The van der Waals surface area contributed by atoms with E-state index < -0.39 is 0 Å². The minimum Gasteiger partial charge on any atom is -0.313 e. The smallest absolute Gasteiger partial charge is 0.0281 e. The van der Waals surface area contributed by atoms with Gasteiger partial charge in [-0.1, -0.05) is 38.5 Å². The van der Waals surface area contributed by atoms with Crippen LogP contribution in [0.2, 0.25) is 0 Å². The van der Waals surface area contributed by atoms with Gasteiger partial charge in [0.15, 0.2) is 0 Å². The molecule has 94 valence electrons. The molecule has 1 N–H and O–H groups in total. The first-order chi connectivity index (χ1) is 7.85. The van der Waals surface area contributed by atoms with Crippen molar-refractivity contribution in [1.29, 1.82) is 0 Å². The molecule has 16 heavy (non-hydrogen) atoms. The van der Waals surface area contributed by atoms with Gasteiger partial charge in [-0.05, 0) is 31.9 Å². The van der Waals surface area contributed by atoms with Gasteiger partial charge in [0.25, 0.3) is 0 Å². The third kappa shape index (κ3) is 3.40. The van der Waals surface area contributed by atoms with E-state index in [-0.39, 0.29) is 0 Å². The summed E-state index contributed by atoms with van der Waals surface area (Å²) in [6.07, 6.45) is 16.8. The zero-order valence-electron chi connectivity index (χ0n) is 10.8. The molecule has 2 aliphatic rings. The summed E-state index contributed by atoms with van der Waals surface area (Å²) in [4.78, 5) is 0. The van der Waals surface area contributed by atoms with E-state index in [0.29, 0.717) is 4.75 Å². The molecule has 0 unspecified atom stereocenters. The molecule has 0 heterocycles. The van der Waals surface area contributed by atoms with Gasteiger partial charge in [-0.3, -0.25) is 0 Å². The highest BCUT2D eigenvalue weighted by molar-refractivity contribution is 8.00. The van der Waals surface area contributed by atoms with Crippen LogP contribution in [0, 0.1) is 0 Å². The summed E-state index contributed by atoms with van der Waals surface area (Å²) in [6.45, 7) is 1.26. The average molecular weight is 241 g/mol. The fourth-order valence-electron chi connectivity index (χ4n) is 3.29. The van der Waals surface area contributed by atoms with E-state index in [1.165, 1.54) is 70.8 Å². The Kier molecular flexibility index (Phi) is 5.02. The van der Waals surface area contributed by atoms with Gasteiger partial charge in [-0.25, -0.2) is 0 Å². The summed E-state index contributed by atoms with van der Waals surface area (Å²) in [5.41, 5.74) is 0. The normalized spacial score (nSPS) is 26.8. The molecule has 2 saturated carbocycles. The number of hydrogen-bond acceptors (Lipinski definition) is 2. The second-order valence-corrected chi connectivity index (χ2v) is 6.94. The van der Waals surface area contributed by atoms with Crippen LogP contribution in [-0.2, 0) is 0 Å². The molecule has 0 aromatic carbocycles. The summed E-state index contributed by atoms with van der Waals surface area (Å²) in [5, 5.41) is 3.86. The third-order valence-electron chi connectivity index (χ3n) is 4.52. The van der Waals surface area contributed by atoms with Gasteiger partial charge in [0.2, 0.25) is 0 Å². The predicted molar refractivity (Wildman–Crippen MR) is 74.2 cm³/mol. The van der Waals surface area contributed by atoms with Crippen LogP contribution in [0.5, 0.6) is 0 Å². The van der Waals surface area contributed by atoms with E-state index in [1.54, 1.807) is 0 Å². The molecule has 2 heteroatoms. The van der Waals surface area contributed by atoms with Crippen LogP contribution in [0.25, 0.3) is 0 Å². The largest absolute Gasteiger partial charge is 0.313 e. The molecule has 0 saturated heterocycles. The Hall–Kier alpha value is 0.310. The second-order valence-electron chi connectivity index (χ2n) is 5.66. The first-order valence-electron chi connectivity index (χ1n) is 7.13. The molecule has 0 amide bonds. The number of hydrogen-bond donors (Lipinski definition) is 1. The van der Waals surface area contributed by atoms with Crippen LogP contribution < -0.4 is 5.32 Å². The van der Waals surface area contributed by atoms with E-state index in [1.807, 2.05) is 0 Å². The molecule has 0 atom stereocenters. The van der Waals surface area contributed by atoms with Crippen LogP contribution in [0.15, 0.2) is 0 Å². The molecule has 2 aliphatic carbocycles. The van der Waals surface area contributed by atoms with E-state index in [2.05, 4.69) is 23.3 Å². The van der Waals surface area contributed by atoms with Gasteiger partial charge in [0.05, 0.1) is 0 Å². The first kappa shape index (κ1) is 12.8. The highest BCUT2D eigenvalue weighted by Gasteiger charge is 2.31. The fraction of sp³-hybridized carbons (Fsp3) is 1.00. The molecule has 0 aliphatic heterocycles. The van der Waals surface area contributed by atoms with Crippen molar-refractivity contribution >= 4 is 11.8 Å². The van der Waals surface area contributed by atoms with Gasteiger partial charge >= 0.3 is 0 Å². The highest BCUT2D eigenvalue weighted by Crippen LogP contribution is 2.38. The Morgan fingerprint density at radius 2 is 1.62 bits per heavy atom. The summed E-state index contributed by atoms with van der Waals surface area (Å²) < 4.78 is 0.579. The Balaban J connectivity index is 1.77. The Labute approximate surface area is 105 Å². The Morgan fingerprint density at radius 1 is 1.00 bits per heavy atom. The van der Waals surface area contributed by atoms with Gasteiger partial charge in [0.1, 0.15) is 0 Å². The van der Waals surface area contributed by atoms with Crippen molar-refractivity contribution in [3.63, 3.8) is 0 Å². The number of nitrogens with one attached hydrogen (secondary N) is 1. The maximum atomic E-state index is 3.86. The second kappa shape index (κ2) is 6.30. The molecule has 2 fully saturated rings. The van der Waals surface area contributed by atoms with Crippen molar-refractivity contribution < 1.29 is 0 Å². The van der Waals surface area contributed by atoms with Crippen LogP contribution in [0.1, 0.15) is 64.2 Å². The summed E-state index contributed by atoms with van der Waals surface area (Å²) >= 11 is 2.12. The lowest BCUT2D eigenvalue weighted by atomic mass is 9.87. The van der Waals surface area contributed by atoms with Crippen molar-refractivity contribution in [2.45, 2.75) is 75.0 Å². The van der Waals surface area contributed by atoms with Gasteiger partial charge in [0, 0.05) is 17.3 Å². The lowest BCUT2D eigenvalue weighted by molar-refractivity contribution is 0.323. The zero-order chi connectivity index (χ0) is 11.3. The molecule has 0 spiro atoms. The van der Waals surface area contributed by atoms with E-state index in [4.69, 9.17) is 0 Å². The summed E-state index contributed by atoms with van der Waals surface area (Å²) in [6, 6.07) is 0.833. The maximum absolute atomic E-state index is 3.86. The van der Waals surface area contributed by atoms with Crippen LogP contribution in [-0.4, -0.2) is 23.6 Å². The van der Waals surface area contributed by atoms with E-state index >= 15 is 0 Å². The molecule has 1 nitrogen and oxygen atoms in total. The Morgan fingerprint density at radius 3 is 2.25 bits per heavy atom. The third-order valence-corrected chi connectivity index (χ3v) is 5.93. The van der Waals surface area contributed by atoms with Crippen molar-refractivity contribution in [3.05, 3.63) is 0 Å². The Bertz CT molecular complexity index is 193. The lowest BCUT2D eigenvalue weighted by Gasteiger charge is -2.38. The van der Waals surface area contributed by atoms with Crippen LogP contribution in [0.3, 0.4) is 0 Å². The summed E-state index contributed by atoms with van der Waals surface area (Å²) in [5.74, 6) is 0. The van der Waals surface area contributed by atoms with Crippen molar-refractivity contribution in [2.75, 3.05) is 12.8 Å². The minimum absolute atomic E-state index is 0.579. The average Bonchev–Trinajstić information content (AvgIpc) is 2.39. The zero-order valence-corrected chi connectivity index (χ0v) is 11.6. The predicted octanol–water partition coefficient (Wildman–Crippen LogP) is 3.97. The molecule has 0 radical (unpaired) electrons. The minimum atomic E-state index is 0.579. The number of rotatable bonds is 4. The molecular formula is C14H27NS. The lowest BCUT2D eigenvalue weighted by Crippen LogP contribution is -2.44. The highest BCUT2D eigenvalue weighted by atomic mass is 32.2. The quantitative estimate of drug-likeness (QED) is 0.799. The van der Waals surface area contributed by atoms with Gasteiger partial charge < -0.3 is 5.32 Å². The number of thioether (sulfide) groups is 1. The van der Waals surface area contributed by atoms with E-state index in [9.17, 15) is 0 Å². The first-order valence-corrected chi connectivity index (χ1v) is 8.36. The monoisotopic (exact) mass is 241 g/mol. The molecule has 0 aromatic heterocycles. The standard InChI is InChI=1S/C14H27NS/c1-16-14(10-6-3-7-11-14)12-15-13-8-4-2-5-9-13/h13,15H,2-12H2,1H3. The fourth-order valence-corrected chi connectivity index (χ4v) is 4.21. The molecule has 2 rings (SSSR count). The van der Waals surface area contributed by atoms with Crippen molar-refractivity contribution in [2.24, 2.45) is 0 Å². The van der Waals surface area contributed by atoms with E-state index in [0.717, 1.165) is 6.04 Å². The molecule has 0 bridgehead atoms. The van der Waals surface area contributed by atoms with Gasteiger partial charge in [-0.2, -0.15) is 11.8 Å². The maximum Gasteiger partial charge on any atom is 0.0281 e. The summed E-state index contributed by atoms with van der Waals surface area (Å²) in [7, 11) is 0. The van der Waals surface area contributed by atoms with Crippen molar-refractivity contribution in [1.82, 2.24) is 5.32 Å². The van der Waals surface area contributed by atoms with Crippen molar-refractivity contribution in [3.8, 4) is 0 Å². The molecule has 0 aromatic rings. The van der Waals surface area contributed by atoms with Gasteiger partial charge in [-0.15, -0.1) is 0 Å². The van der Waals surface area contributed by atoms with Crippen LogP contribution in [0.4, 0.5) is 0 Å². The van der Waals surface area contributed by atoms with Crippen LogP contribution >= 0.6 is 11.8 Å². The molecular weight excluding hydrogens is 214 g/mol.